The van der Waals surface area contributed by atoms with Crippen LogP contribution in [-0.2, 0) is 10.8 Å². The first kappa shape index (κ1) is 45.6. The number of thiophene rings is 2. The van der Waals surface area contributed by atoms with Crippen molar-refractivity contribution in [3.05, 3.63) is 81.5 Å². The number of rotatable bonds is 30. The maximum atomic E-state index is 2.72. The molecule has 60 heavy (non-hydrogen) atoms. The van der Waals surface area contributed by atoms with Crippen molar-refractivity contribution in [2.45, 2.75) is 231 Å². The molecule has 2 heteroatoms. The van der Waals surface area contributed by atoms with Gasteiger partial charge in [0, 0.05) is 20.2 Å². The van der Waals surface area contributed by atoms with Gasteiger partial charge in [-0.25, -0.2) is 0 Å². The third kappa shape index (κ3) is 10.8. The van der Waals surface area contributed by atoms with Crippen molar-refractivity contribution in [2.75, 3.05) is 0 Å². The van der Waals surface area contributed by atoms with Gasteiger partial charge in [0.05, 0.1) is 0 Å². The highest BCUT2D eigenvalue weighted by molar-refractivity contribution is 7.17. The Hall–Kier alpha value is -2.42. The molecule has 0 amide bonds. The summed E-state index contributed by atoms with van der Waals surface area (Å²) in [4.78, 5) is 0. The van der Waals surface area contributed by atoms with Crippen LogP contribution in [0.1, 0.15) is 243 Å². The van der Waals surface area contributed by atoms with Crippen molar-refractivity contribution in [3.63, 3.8) is 0 Å². The van der Waals surface area contributed by atoms with Gasteiger partial charge in [0.1, 0.15) is 0 Å². The summed E-state index contributed by atoms with van der Waals surface area (Å²) in [6.07, 6.45) is 42.1. The minimum atomic E-state index is 0.0494. The molecular formula is C58H82S2. The molecule has 0 nitrogen and oxygen atoms in total. The summed E-state index contributed by atoms with van der Waals surface area (Å²) >= 11 is 3.82. The van der Waals surface area contributed by atoms with Gasteiger partial charge < -0.3 is 0 Å². The lowest BCUT2D eigenvalue weighted by Crippen LogP contribution is -2.22. The van der Waals surface area contributed by atoms with Gasteiger partial charge >= 0.3 is 0 Å². The van der Waals surface area contributed by atoms with Crippen LogP contribution in [0.2, 0.25) is 0 Å². The van der Waals surface area contributed by atoms with Crippen LogP contribution in [0, 0.1) is 0 Å². The van der Waals surface area contributed by atoms with Crippen LogP contribution < -0.4 is 0 Å². The molecule has 0 spiro atoms. The largest absolute Gasteiger partial charge is 0.144 e. The van der Waals surface area contributed by atoms with Gasteiger partial charge in [0.2, 0.25) is 0 Å². The predicted octanol–water partition coefficient (Wildman–Crippen LogP) is 20.4. The van der Waals surface area contributed by atoms with Crippen LogP contribution in [-0.4, -0.2) is 0 Å². The second-order valence-electron chi connectivity index (χ2n) is 20.0. The minimum absolute atomic E-state index is 0.0494. The molecule has 2 aliphatic carbocycles. The summed E-state index contributed by atoms with van der Waals surface area (Å²) in [5, 5.41) is 7.45. The standard InChI is InChI=1S/C58H82S2/c1-5-7-9-11-13-15-17-19-21-23-25-27-29-31-35-57(3)51-39-45-33-37-59-55(45)43-49(51)47-42-54-48(41-53(47)57)50-44-56-46(34-38-60-56)40-52(50)58(54,4)36-32-30-28-26-24-22-20-18-16-14-12-10-8-6-2/h33-34,37-44H,5-32,35-36H2,1-4H3. The van der Waals surface area contributed by atoms with E-state index in [1.807, 2.05) is 22.7 Å². The molecule has 7 rings (SSSR count). The number of fused-ring (bicyclic) bond motifs is 8. The molecule has 0 radical (unpaired) electrons. The van der Waals surface area contributed by atoms with Gasteiger partial charge in [0.25, 0.3) is 0 Å². The smallest absolute Gasteiger partial charge is 0.0349 e. The van der Waals surface area contributed by atoms with Gasteiger partial charge in [-0.15, -0.1) is 22.7 Å². The monoisotopic (exact) mass is 843 g/mol. The zero-order chi connectivity index (χ0) is 41.6. The van der Waals surface area contributed by atoms with E-state index >= 15 is 0 Å². The topological polar surface area (TPSA) is 0 Å². The summed E-state index contributed by atoms with van der Waals surface area (Å²) in [6, 6.07) is 20.5. The number of benzene rings is 3. The molecule has 3 aromatic carbocycles. The van der Waals surface area contributed by atoms with Crippen LogP contribution in [0.15, 0.2) is 59.3 Å². The van der Waals surface area contributed by atoms with Crippen LogP contribution in [0.4, 0.5) is 0 Å². The number of unbranched alkanes of at least 4 members (excludes halogenated alkanes) is 26. The molecule has 2 aromatic heterocycles. The summed E-state index contributed by atoms with van der Waals surface area (Å²) in [5.41, 5.74) is 12.6. The van der Waals surface area contributed by atoms with E-state index in [9.17, 15) is 0 Å². The summed E-state index contributed by atoms with van der Waals surface area (Å²) in [5.74, 6) is 0. The van der Waals surface area contributed by atoms with Gasteiger partial charge in [0.15, 0.2) is 0 Å². The summed E-state index contributed by atoms with van der Waals surface area (Å²) in [6.45, 7) is 9.85. The Morgan fingerprint density at radius 2 is 0.600 bits per heavy atom. The van der Waals surface area contributed by atoms with E-state index < -0.39 is 0 Å². The lowest BCUT2D eigenvalue weighted by molar-refractivity contribution is 0.473. The van der Waals surface area contributed by atoms with E-state index in [0.29, 0.717) is 0 Å². The Morgan fingerprint density at radius 1 is 0.333 bits per heavy atom. The number of hydrogen-bond acceptors (Lipinski definition) is 2. The van der Waals surface area contributed by atoms with E-state index in [1.165, 1.54) is 235 Å². The van der Waals surface area contributed by atoms with Crippen LogP contribution in [0.3, 0.4) is 0 Å². The maximum Gasteiger partial charge on any atom is 0.0349 e. The average molecular weight is 843 g/mol. The van der Waals surface area contributed by atoms with Gasteiger partial charge in [-0.3, -0.25) is 0 Å². The second-order valence-corrected chi connectivity index (χ2v) is 21.9. The Kier molecular flexibility index (Phi) is 17.3. The van der Waals surface area contributed by atoms with Crippen molar-refractivity contribution in [2.24, 2.45) is 0 Å². The van der Waals surface area contributed by atoms with Crippen molar-refractivity contribution >= 4 is 42.8 Å². The lowest BCUT2D eigenvalue weighted by Gasteiger charge is -2.30. The highest BCUT2D eigenvalue weighted by atomic mass is 32.1. The zero-order valence-electron chi connectivity index (χ0n) is 38.8. The second kappa shape index (κ2) is 22.8. The van der Waals surface area contributed by atoms with Crippen molar-refractivity contribution in [1.82, 2.24) is 0 Å². The normalized spacial score (nSPS) is 17.8. The Balaban J connectivity index is 0.999. The predicted molar refractivity (Wildman–Crippen MR) is 271 cm³/mol. The molecule has 0 saturated heterocycles. The highest BCUT2D eigenvalue weighted by Crippen LogP contribution is 2.59. The maximum absolute atomic E-state index is 2.72. The van der Waals surface area contributed by atoms with E-state index in [1.54, 1.807) is 22.3 Å². The highest BCUT2D eigenvalue weighted by Gasteiger charge is 2.45. The summed E-state index contributed by atoms with van der Waals surface area (Å²) < 4.78 is 2.88. The average Bonchev–Trinajstić information content (AvgIpc) is 4.03. The Bertz CT molecular complexity index is 1910. The lowest BCUT2D eigenvalue weighted by atomic mass is 9.73. The molecule has 2 atom stereocenters. The first-order chi connectivity index (χ1) is 29.5. The van der Waals surface area contributed by atoms with Crippen molar-refractivity contribution in [3.8, 4) is 22.3 Å². The number of hydrogen-bond donors (Lipinski definition) is 0. The molecule has 0 fully saturated rings. The van der Waals surface area contributed by atoms with Crippen molar-refractivity contribution in [1.29, 1.82) is 0 Å². The third-order valence-corrected chi connectivity index (χ3v) is 17.1. The minimum Gasteiger partial charge on any atom is -0.144 e. The SMILES string of the molecule is CCCCCCCCCCCCCCCCC1(C)c2cc3c(cc2-c2cc4sccc4cc21)C(C)(CCCCCCCCCCCCCCCC)c1cc2ccsc2cc1-3. The van der Waals surface area contributed by atoms with Gasteiger partial charge in [-0.2, -0.15) is 0 Å². The fourth-order valence-electron chi connectivity index (χ4n) is 11.5. The van der Waals surface area contributed by atoms with Crippen molar-refractivity contribution < 1.29 is 0 Å². The first-order valence-corrected chi connectivity index (χ1v) is 27.5. The molecule has 0 N–H and O–H groups in total. The molecule has 0 bridgehead atoms. The third-order valence-electron chi connectivity index (χ3n) is 15.4. The molecule has 5 aromatic rings. The van der Waals surface area contributed by atoms with Crippen LogP contribution in [0.25, 0.3) is 42.4 Å². The molecule has 2 heterocycles. The Morgan fingerprint density at radius 3 is 0.917 bits per heavy atom. The molecule has 0 saturated carbocycles. The fraction of sp³-hybridized carbons (Fsp3) is 0.621. The quantitative estimate of drug-likeness (QED) is 0.0404. The van der Waals surface area contributed by atoms with Gasteiger partial charge in [-0.05, 0) is 127 Å². The fourth-order valence-corrected chi connectivity index (χ4v) is 13.1. The van der Waals surface area contributed by atoms with Crippen LogP contribution in [0.5, 0.6) is 0 Å². The first-order valence-electron chi connectivity index (χ1n) is 25.7. The van der Waals surface area contributed by atoms with E-state index in [-0.39, 0.29) is 10.8 Å². The van der Waals surface area contributed by atoms with Gasteiger partial charge in [-0.1, -0.05) is 207 Å². The summed E-state index contributed by atoms with van der Waals surface area (Å²) in [7, 11) is 0. The van der Waals surface area contributed by atoms with Crippen LogP contribution >= 0.6 is 22.7 Å². The Labute approximate surface area is 375 Å². The molecule has 2 unspecified atom stereocenters. The molecule has 2 aliphatic rings. The van der Waals surface area contributed by atoms with E-state index in [2.05, 4.69) is 87.0 Å². The molecular weight excluding hydrogens is 761 g/mol. The van der Waals surface area contributed by atoms with E-state index in [0.717, 1.165) is 0 Å². The molecule has 326 valence electrons. The molecule has 0 aliphatic heterocycles. The zero-order valence-corrected chi connectivity index (χ0v) is 40.4. The van der Waals surface area contributed by atoms with E-state index in [4.69, 9.17) is 0 Å².